The van der Waals surface area contributed by atoms with Gasteiger partial charge >= 0.3 is 0 Å². The molecule has 1 aliphatic heterocycles. The second kappa shape index (κ2) is 7.22. The summed E-state index contributed by atoms with van der Waals surface area (Å²) in [5.41, 5.74) is 10.7. The molecule has 3 aromatic rings. The number of hydrogen-bond acceptors (Lipinski definition) is 6. The van der Waals surface area contributed by atoms with Crippen LogP contribution in [-0.4, -0.2) is 38.5 Å². The molecule has 140 valence electrons. The molecule has 0 spiro atoms. The van der Waals surface area contributed by atoms with E-state index in [0.29, 0.717) is 23.5 Å². The minimum Gasteiger partial charge on any atom is -0.382 e. The third-order valence-electron chi connectivity index (χ3n) is 4.97. The van der Waals surface area contributed by atoms with Crippen molar-refractivity contribution in [1.82, 2.24) is 24.8 Å². The summed E-state index contributed by atoms with van der Waals surface area (Å²) in [7, 11) is 0. The lowest BCUT2D eigenvalue weighted by Crippen LogP contribution is -2.29. The maximum absolute atomic E-state index is 12.4. The number of nitrogens with one attached hydrogen (secondary N) is 1. The fraction of sp³-hybridized carbons (Fsp3) is 0.368. The van der Waals surface area contributed by atoms with Gasteiger partial charge in [-0.3, -0.25) is 4.79 Å². The molecule has 3 N–H and O–H groups in total. The van der Waals surface area contributed by atoms with Crippen molar-refractivity contribution in [2.45, 2.75) is 32.9 Å². The highest BCUT2D eigenvalue weighted by Crippen LogP contribution is 2.27. The lowest BCUT2D eigenvalue weighted by molar-refractivity contribution is -0.121. The number of carbonyl (C=O) groups excluding carboxylic acids is 1. The van der Waals surface area contributed by atoms with E-state index in [4.69, 9.17) is 5.73 Å². The van der Waals surface area contributed by atoms with Crippen molar-refractivity contribution < 1.29 is 4.79 Å². The number of nitrogen functional groups attached to an aromatic ring is 1. The predicted octanol–water partition coefficient (Wildman–Crippen LogP) is 1.50. The third-order valence-corrected chi connectivity index (χ3v) is 4.97. The second-order valence-electron chi connectivity index (χ2n) is 6.73. The number of aromatic nitrogens is 4. The molecule has 1 aliphatic rings. The first kappa shape index (κ1) is 17.3. The van der Waals surface area contributed by atoms with E-state index in [9.17, 15) is 4.79 Å². The van der Waals surface area contributed by atoms with E-state index in [1.54, 1.807) is 10.9 Å². The summed E-state index contributed by atoms with van der Waals surface area (Å²) in [6.45, 7) is 4.97. The van der Waals surface area contributed by atoms with Crippen LogP contribution in [0.2, 0.25) is 0 Å². The van der Waals surface area contributed by atoms with Gasteiger partial charge in [0, 0.05) is 25.3 Å². The Morgan fingerprint density at radius 3 is 3.04 bits per heavy atom. The Labute approximate surface area is 157 Å². The number of imidazole rings is 1. The van der Waals surface area contributed by atoms with E-state index in [-0.39, 0.29) is 12.5 Å². The van der Waals surface area contributed by atoms with Crippen molar-refractivity contribution in [3.63, 3.8) is 0 Å². The van der Waals surface area contributed by atoms with Crippen molar-refractivity contribution in [2.75, 3.05) is 23.7 Å². The van der Waals surface area contributed by atoms with Gasteiger partial charge in [0.2, 0.25) is 5.91 Å². The monoisotopic (exact) mass is 365 g/mol. The molecule has 8 heteroatoms. The van der Waals surface area contributed by atoms with E-state index in [1.807, 2.05) is 0 Å². The Morgan fingerprint density at radius 2 is 2.19 bits per heavy atom. The summed E-state index contributed by atoms with van der Waals surface area (Å²) in [5, 5.41) is 2.97. The van der Waals surface area contributed by atoms with Gasteiger partial charge in [0.25, 0.3) is 0 Å². The van der Waals surface area contributed by atoms with Crippen LogP contribution in [0, 0.1) is 0 Å². The number of rotatable bonds is 5. The Kier molecular flexibility index (Phi) is 4.62. The van der Waals surface area contributed by atoms with Crippen LogP contribution < -0.4 is 16.0 Å². The summed E-state index contributed by atoms with van der Waals surface area (Å²) in [6.07, 6.45) is 5.21. The van der Waals surface area contributed by atoms with Gasteiger partial charge in [-0.2, -0.15) is 0 Å². The number of aryl methyl sites for hydroxylation is 1. The standard InChI is InChI=1S/C19H23N7O/c1-2-25-7-3-4-14-8-13(5-6-15(14)25)9-21-16(27)10-26-12-24-17-18(20)22-11-23-19(17)26/h5-6,8,11-12H,2-4,7,9-10H2,1H3,(H,21,27)(H2,20,22,23). The predicted molar refractivity (Wildman–Crippen MR) is 104 cm³/mol. The molecule has 3 heterocycles. The van der Waals surface area contributed by atoms with E-state index < -0.39 is 0 Å². The fourth-order valence-corrected chi connectivity index (χ4v) is 3.59. The molecule has 27 heavy (non-hydrogen) atoms. The number of carbonyl (C=O) groups is 1. The molecule has 0 saturated carbocycles. The first-order valence-corrected chi connectivity index (χ1v) is 9.20. The Bertz CT molecular complexity index is 981. The zero-order chi connectivity index (χ0) is 18.8. The van der Waals surface area contributed by atoms with E-state index in [2.05, 4.69) is 50.3 Å². The Morgan fingerprint density at radius 1 is 1.30 bits per heavy atom. The minimum absolute atomic E-state index is 0.0978. The smallest absolute Gasteiger partial charge is 0.240 e. The first-order chi connectivity index (χ1) is 13.2. The molecule has 0 atom stereocenters. The molecule has 8 nitrogen and oxygen atoms in total. The number of nitrogens with zero attached hydrogens (tertiary/aromatic N) is 5. The lowest BCUT2D eigenvalue weighted by Gasteiger charge is -2.30. The fourth-order valence-electron chi connectivity index (χ4n) is 3.59. The molecular weight excluding hydrogens is 342 g/mol. The van der Waals surface area contributed by atoms with Gasteiger partial charge in [0.1, 0.15) is 18.4 Å². The maximum atomic E-state index is 12.4. The van der Waals surface area contributed by atoms with Crippen LogP contribution in [0.5, 0.6) is 0 Å². The average Bonchev–Trinajstić information content (AvgIpc) is 3.10. The summed E-state index contributed by atoms with van der Waals surface area (Å²) in [6, 6.07) is 6.47. The van der Waals surface area contributed by atoms with Crippen LogP contribution in [0.1, 0.15) is 24.5 Å². The minimum atomic E-state index is -0.0978. The van der Waals surface area contributed by atoms with E-state index in [1.165, 1.54) is 24.0 Å². The lowest BCUT2D eigenvalue weighted by atomic mass is 9.99. The highest BCUT2D eigenvalue weighted by atomic mass is 16.1. The van der Waals surface area contributed by atoms with Crippen molar-refractivity contribution in [1.29, 1.82) is 0 Å². The highest BCUT2D eigenvalue weighted by molar-refractivity contribution is 5.83. The van der Waals surface area contributed by atoms with Crippen LogP contribution in [-0.2, 0) is 24.3 Å². The molecule has 0 bridgehead atoms. The number of anilines is 2. The highest BCUT2D eigenvalue weighted by Gasteiger charge is 2.16. The molecule has 1 aromatic carbocycles. The van der Waals surface area contributed by atoms with E-state index >= 15 is 0 Å². The zero-order valence-electron chi connectivity index (χ0n) is 15.4. The molecule has 0 aliphatic carbocycles. The van der Waals surface area contributed by atoms with Gasteiger partial charge < -0.3 is 20.5 Å². The molecule has 1 amide bonds. The summed E-state index contributed by atoms with van der Waals surface area (Å²) in [4.78, 5) is 27.0. The maximum Gasteiger partial charge on any atom is 0.240 e. The zero-order valence-corrected chi connectivity index (χ0v) is 15.4. The molecule has 4 rings (SSSR count). The van der Waals surface area contributed by atoms with Crippen LogP contribution in [0.15, 0.2) is 30.9 Å². The van der Waals surface area contributed by atoms with Gasteiger partial charge in [0.05, 0.1) is 6.33 Å². The number of fused-ring (bicyclic) bond motifs is 2. The van der Waals surface area contributed by atoms with Gasteiger partial charge in [-0.25, -0.2) is 15.0 Å². The molecule has 0 radical (unpaired) electrons. The van der Waals surface area contributed by atoms with Crippen LogP contribution in [0.25, 0.3) is 11.2 Å². The van der Waals surface area contributed by atoms with Crippen LogP contribution in [0.4, 0.5) is 11.5 Å². The average molecular weight is 365 g/mol. The van der Waals surface area contributed by atoms with Gasteiger partial charge in [-0.1, -0.05) is 12.1 Å². The molecule has 0 saturated heterocycles. The SMILES string of the molecule is CCN1CCCc2cc(CNC(=O)Cn3cnc4c(N)ncnc43)ccc21. The molecule has 0 fully saturated rings. The van der Waals surface area contributed by atoms with Crippen LogP contribution in [0.3, 0.4) is 0 Å². The number of nitrogens with two attached hydrogens (primary N) is 1. The number of hydrogen-bond donors (Lipinski definition) is 2. The Hall–Kier alpha value is -3.16. The molecule has 2 aromatic heterocycles. The van der Waals surface area contributed by atoms with Crippen molar-refractivity contribution >= 4 is 28.6 Å². The first-order valence-electron chi connectivity index (χ1n) is 9.20. The van der Waals surface area contributed by atoms with Crippen molar-refractivity contribution in [3.05, 3.63) is 42.0 Å². The quantitative estimate of drug-likeness (QED) is 0.710. The number of amides is 1. The summed E-state index contributed by atoms with van der Waals surface area (Å²) < 4.78 is 1.68. The third kappa shape index (κ3) is 3.42. The normalized spacial score (nSPS) is 13.6. The van der Waals surface area contributed by atoms with Crippen LogP contribution >= 0.6 is 0 Å². The van der Waals surface area contributed by atoms with Gasteiger partial charge in [-0.15, -0.1) is 0 Å². The Balaban J connectivity index is 1.41. The summed E-state index contributed by atoms with van der Waals surface area (Å²) in [5.74, 6) is 0.216. The molecule has 0 unspecified atom stereocenters. The largest absolute Gasteiger partial charge is 0.382 e. The van der Waals surface area contributed by atoms with Crippen molar-refractivity contribution in [3.8, 4) is 0 Å². The van der Waals surface area contributed by atoms with Gasteiger partial charge in [-0.05, 0) is 37.0 Å². The topological polar surface area (TPSA) is 102 Å². The molecular formula is C19H23N7O. The van der Waals surface area contributed by atoms with Crippen molar-refractivity contribution in [2.24, 2.45) is 0 Å². The summed E-state index contributed by atoms with van der Waals surface area (Å²) >= 11 is 0. The van der Waals surface area contributed by atoms with Gasteiger partial charge in [0.15, 0.2) is 11.5 Å². The number of benzene rings is 1. The van der Waals surface area contributed by atoms with E-state index in [0.717, 1.165) is 25.1 Å². The second-order valence-corrected chi connectivity index (χ2v) is 6.73.